The van der Waals surface area contributed by atoms with Crippen LogP contribution in [0.15, 0.2) is 410 Å². The maximum atomic E-state index is 7.06. The number of fused-ring (bicyclic) bond motifs is 12. The van der Waals surface area contributed by atoms with Crippen LogP contribution in [-0.2, 0) is 29.4 Å². The maximum Gasteiger partial charge on any atom is 0.465 e. The SMILES string of the molecule is CC1(C)OC(OP(Oc2ccccc2)Oc2ccccc2)C(OP(Oc2ccccc2)Oc2ccccc2)O1.COc1cc(-c2cc(OC)cc(C(C)(C)C)c2Op2oc3ccccc3c3ccccc3o2)c(Op2oc3ccccc3c3ccccc3o2)c(C(C)(C)C)c1.COc1ccc(Op2oc3ccccc3c3ccccc3o2)c(-c2cc(OC)ccc2Op2oc3ccccc3c3ccccc3o2)c1. The lowest BCUT2D eigenvalue weighted by molar-refractivity contribution is -0.175. The molecule has 726 valence electrons. The summed E-state index contributed by atoms with van der Waals surface area (Å²) < 4.78 is 151. The van der Waals surface area contributed by atoms with Crippen LogP contribution in [-0.4, -0.2) is 46.8 Å². The van der Waals surface area contributed by atoms with Crippen LogP contribution in [0.3, 0.4) is 0 Å². The van der Waals surface area contributed by atoms with Crippen molar-refractivity contribution in [3.8, 4) is 91.2 Å². The largest absolute Gasteiger partial charge is 0.497 e. The Kier molecular flexibility index (Phi) is 29.8. The lowest BCUT2D eigenvalue weighted by Gasteiger charge is -2.28. The van der Waals surface area contributed by atoms with E-state index in [9.17, 15) is 0 Å². The minimum absolute atomic E-state index is 0.409. The summed E-state index contributed by atoms with van der Waals surface area (Å²) in [6.07, 6.45) is -2.02. The molecule has 1 aliphatic rings. The van der Waals surface area contributed by atoms with Gasteiger partial charge >= 0.3 is 50.2 Å². The predicted molar refractivity (Wildman–Crippen MR) is 565 cm³/mol. The molecule has 4 aromatic heterocycles. The highest BCUT2D eigenvalue weighted by atomic mass is 31.2. The van der Waals surface area contributed by atoms with E-state index in [-0.39, 0.29) is 0 Å². The Labute approximate surface area is 831 Å². The summed E-state index contributed by atoms with van der Waals surface area (Å²) in [5.74, 6) is 5.93. The van der Waals surface area contributed by atoms with Crippen molar-refractivity contribution in [3.63, 3.8) is 0 Å². The minimum Gasteiger partial charge on any atom is -0.497 e. The molecular formula is C113H100O24P6. The Bertz CT molecular complexity index is 7270. The van der Waals surface area contributed by atoms with Gasteiger partial charge in [-0.1, -0.05) is 260 Å². The lowest BCUT2D eigenvalue weighted by Crippen LogP contribution is -2.27. The van der Waals surface area contributed by atoms with Gasteiger partial charge in [-0.15, -0.1) is 0 Å². The van der Waals surface area contributed by atoms with Crippen LogP contribution >= 0.6 is 50.2 Å². The molecule has 0 aliphatic carbocycles. The molecular weight excluding hydrogens is 1930 g/mol. The number of para-hydroxylation sites is 12. The van der Waals surface area contributed by atoms with E-state index in [0.717, 1.165) is 54.2 Å². The second-order valence-corrected chi connectivity index (χ2v) is 41.0. The van der Waals surface area contributed by atoms with Crippen LogP contribution in [0, 0.1) is 0 Å². The molecule has 21 rings (SSSR count). The molecule has 1 saturated heterocycles. The normalized spacial score (nSPS) is 13.4. The van der Waals surface area contributed by atoms with Gasteiger partial charge in [0, 0.05) is 76.5 Å². The molecule has 0 N–H and O–H groups in total. The van der Waals surface area contributed by atoms with Crippen LogP contribution in [0.4, 0.5) is 0 Å². The molecule has 0 bridgehead atoms. The quantitative estimate of drug-likeness (QED) is 0.0457. The van der Waals surface area contributed by atoms with Crippen molar-refractivity contribution >= 4 is 138 Å². The monoisotopic (exact) mass is 2030 g/mol. The van der Waals surface area contributed by atoms with Crippen molar-refractivity contribution in [3.05, 3.63) is 387 Å². The fourth-order valence-electron chi connectivity index (χ4n) is 15.7. The molecule has 24 nitrogen and oxygen atoms in total. The van der Waals surface area contributed by atoms with Crippen LogP contribution in [0.25, 0.3) is 110 Å². The Morgan fingerprint density at radius 3 is 0.685 bits per heavy atom. The van der Waals surface area contributed by atoms with E-state index >= 15 is 0 Å². The second kappa shape index (κ2) is 43.9. The second-order valence-electron chi connectivity index (χ2n) is 34.9. The molecule has 16 aromatic carbocycles. The first-order chi connectivity index (χ1) is 69.6. The fourth-order valence-corrected chi connectivity index (χ4v) is 22.1. The molecule has 1 aliphatic heterocycles. The summed E-state index contributed by atoms with van der Waals surface area (Å²) in [5.41, 5.74) is 9.00. The summed E-state index contributed by atoms with van der Waals surface area (Å²) in [6, 6.07) is 119. The molecule has 5 heterocycles. The topological polar surface area (TPSA) is 253 Å². The highest BCUT2D eigenvalue weighted by Gasteiger charge is 2.48. The van der Waals surface area contributed by atoms with Gasteiger partial charge in [-0.05, 0) is 182 Å². The van der Waals surface area contributed by atoms with Crippen LogP contribution in [0.2, 0.25) is 0 Å². The van der Waals surface area contributed by atoms with E-state index in [1.807, 2.05) is 376 Å². The van der Waals surface area contributed by atoms with Crippen LogP contribution in [0.1, 0.15) is 66.5 Å². The van der Waals surface area contributed by atoms with E-state index in [0.29, 0.717) is 136 Å². The van der Waals surface area contributed by atoms with Crippen molar-refractivity contribution in [1.82, 2.24) is 0 Å². The first-order valence-electron chi connectivity index (χ1n) is 45.7. The molecule has 2 atom stereocenters. The van der Waals surface area contributed by atoms with Gasteiger partial charge in [0.25, 0.3) is 0 Å². The number of benzene rings is 16. The average molecular weight is 2030 g/mol. The third-order valence-electron chi connectivity index (χ3n) is 22.6. The van der Waals surface area contributed by atoms with Gasteiger partial charge in [0.15, 0.2) is 5.79 Å². The average Bonchev–Trinajstić information content (AvgIpc) is 0.776. The van der Waals surface area contributed by atoms with Crippen molar-refractivity contribution in [1.29, 1.82) is 0 Å². The first kappa shape index (κ1) is 97.3. The van der Waals surface area contributed by atoms with Gasteiger partial charge in [0.05, 0.1) is 28.4 Å². The van der Waals surface area contributed by atoms with Crippen molar-refractivity contribution in [2.45, 2.75) is 84.6 Å². The molecule has 30 heteroatoms. The first-order valence-corrected chi connectivity index (χ1v) is 52.3. The van der Waals surface area contributed by atoms with Crippen molar-refractivity contribution in [2.75, 3.05) is 28.4 Å². The Morgan fingerprint density at radius 1 is 0.238 bits per heavy atom. The van der Waals surface area contributed by atoms with Crippen LogP contribution < -0.4 is 55.1 Å². The summed E-state index contributed by atoms with van der Waals surface area (Å²) in [4.78, 5) is 0. The Morgan fingerprint density at radius 2 is 0.455 bits per heavy atom. The maximum absolute atomic E-state index is 7.06. The zero-order valence-electron chi connectivity index (χ0n) is 79.9. The standard InChI is InChI=1S/C46H44O8P2.C38H28O8P2.C29H28O8P2/c1-45(2,3)37-27-29(47-7)25-35(43(37)53-55-49-39-21-13-9-17-31(39)32-18-10-14-22-40(32)50-55)36-26-30(48-8)28-38(46(4,5)6)44(36)54-56-51-41-23-15-11-19-33(41)34-20-12-16-24-42(34)52-56;1-39-25-19-21-37(45-47-41-33-15-7-3-11-27(33)28-12-4-8-16-34(28)42-47)31(23-25)32-24-26(40-2)20-22-38(32)46-48-43-35-17-9-5-13-29(35)30-14-6-10-18-36(30)44-48;1-29(2)30-27(36-38(32-23-15-7-3-8-16-23)33-24-17-9-4-10-18-24)28(31-29)37-39(34-25-19-11-5-12-20-25)35-26-21-13-6-14-22-26/h9-28H,1-8H3;3-24H,1-2H3;3-22,27-28H,1-2H3. The summed E-state index contributed by atoms with van der Waals surface area (Å²) in [6.45, 7) is 16.4. The smallest absolute Gasteiger partial charge is 0.465 e. The Balaban J connectivity index is 0.000000138. The number of hydrogen-bond donors (Lipinski definition) is 0. The number of methoxy groups -OCH3 is 4. The number of ether oxygens (including phenoxy) is 6. The third-order valence-corrected chi connectivity index (χ3v) is 28.9. The summed E-state index contributed by atoms with van der Waals surface area (Å²) >= 11 is 0. The number of rotatable bonds is 26. The Hall–Kier alpha value is -14.6. The van der Waals surface area contributed by atoms with Gasteiger partial charge in [0.2, 0.25) is 12.6 Å². The van der Waals surface area contributed by atoms with E-state index in [4.69, 9.17) is 107 Å². The van der Waals surface area contributed by atoms with E-state index in [1.54, 1.807) is 42.3 Å². The van der Waals surface area contributed by atoms with Gasteiger partial charge in [0.1, 0.15) is 114 Å². The zero-order valence-corrected chi connectivity index (χ0v) is 85.3. The predicted octanol–water partition coefficient (Wildman–Crippen LogP) is 35.3. The van der Waals surface area contributed by atoms with E-state index < -0.39 is 79.4 Å². The van der Waals surface area contributed by atoms with Crippen molar-refractivity contribution in [2.24, 2.45) is 0 Å². The minimum atomic E-state index is -2.02. The van der Waals surface area contributed by atoms with Gasteiger partial charge in [-0.2, -0.15) is 0 Å². The summed E-state index contributed by atoms with van der Waals surface area (Å²) in [7, 11) is -5.28. The van der Waals surface area contributed by atoms with Gasteiger partial charge in [-0.25, -0.2) is 0 Å². The lowest BCUT2D eigenvalue weighted by atomic mass is 9.81. The molecule has 0 saturated carbocycles. The molecule has 0 spiro atoms. The molecule has 20 aromatic rings. The molecule has 0 radical (unpaired) electrons. The molecule has 0 amide bonds. The summed E-state index contributed by atoms with van der Waals surface area (Å²) in [5, 5.41) is 7.40. The highest BCUT2D eigenvalue weighted by Crippen LogP contribution is 2.57. The van der Waals surface area contributed by atoms with Gasteiger partial charge in [-0.3, -0.25) is 9.05 Å². The fraction of sp³-hybridized carbons (Fsp3) is 0.150. The zero-order chi connectivity index (χ0) is 98.6. The molecule has 2 unspecified atom stereocenters. The highest BCUT2D eigenvalue weighted by molar-refractivity contribution is 7.43. The number of hydrogen-bond acceptors (Lipinski definition) is 24. The van der Waals surface area contributed by atoms with E-state index in [2.05, 4.69) is 41.5 Å². The third kappa shape index (κ3) is 23.3. The van der Waals surface area contributed by atoms with Gasteiger partial charge < -0.3 is 98.2 Å². The van der Waals surface area contributed by atoms with E-state index in [1.165, 1.54) is 0 Å². The molecule has 143 heavy (non-hydrogen) atoms. The van der Waals surface area contributed by atoms with Crippen molar-refractivity contribution < 1.29 is 107 Å². The molecule has 1 fully saturated rings. The van der Waals surface area contributed by atoms with Crippen LogP contribution in [0.5, 0.6) is 69.0 Å².